The van der Waals surface area contributed by atoms with Gasteiger partial charge in [-0.05, 0) is 44.4 Å². The van der Waals surface area contributed by atoms with Crippen LogP contribution in [0.3, 0.4) is 0 Å². The molecule has 2 nitrogen and oxygen atoms in total. The highest BCUT2D eigenvalue weighted by Gasteiger charge is 2.28. The summed E-state index contributed by atoms with van der Waals surface area (Å²) in [5.41, 5.74) is 0. The Morgan fingerprint density at radius 2 is 1.67 bits per heavy atom. The summed E-state index contributed by atoms with van der Waals surface area (Å²) in [5, 5.41) is 3.36. The molecule has 2 unspecified atom stereocenters. The number of rotatable bonds is 2. The van der Waals surface area contributed by atoms with Crippen molar-refractivity contribution >= 4 is 17.5 Å². The monoisotopic (exact) mass is 271 g/mol. The van der Waals surface area contributed by atoms with Crippen LogP contribution in [0.15, 0.2) is 0 Å². The van der Waals surface area contributed by atoms with Crippen molar-refractivity contribution in [1.29, 1.82) is 0 Å². The SMILES string of the molecule is CC1CCC(C(=O)NC2CCCCCC2Cl)CC1. The third kappa shape index (κ3) is 3.88. The Bertz CT molecular complexity index is 274. The minimum atomic E-state index is 0.138. The normalized spacial score (nSPS) is 37.9. The van der Waals surface area contributed by atoms with Gasteiger partial charge in [0.1, 0.15) is 0 Å². The Labute approximate surface area is 116 Å². The van der Waals surface area contributed by atoms with E-state index in [4.69, 9.17) is 11.6 Å². The Balaban J connectivity index is 1.82. The molecule has 0 heterocycles. The van der Waals surface area contributed by atoms with Gasteiger partial charge in [-0.2, -0.15) is 0 Å². The second-order valence-corrected chi connectivity index (χ2v) is 6.79. The highest BCUT2D eigenvalue weighted by atomic mass is 35.5. The largest absolute Gasteiger partial charge is 0.352 e. The fourth-order valence-corrected chi connectivity index (χ4v) is 3.59. The lowest BCUT2D eigenvalue weighted by molar-refractivity contribution is -0.127. The van der Waals surface area contributed by atoms with E-state index >= 15 is 0 Å². The number of nitrogens with one attached hydrogen (secondary N) is 1. The van der Waals surface area contributed by atoms with Crippen LogP contribution in [0.2, 0.25) is 0 Å². The molecule has 0 aromatic rings. The Morgan fingerprint density at radius 1 is 1.00 bits per heavy atom. The van der Waals surface area contributed by atoms with E-state index < -0.39 is 0 Å². The Hall–Kier alpha value is -0.240. The van der Waals surface area contributed by atoms with Crippen molar-refractivity contribution in [3.8, 4) is 0 Å². The molecule has 2 aliphatic rings. The predicted molar refractivity (Wildman–Crippen MR) is 75.8 cm³/mol. The molecule has 0 aromatic heterocycles. The molecular weight excluding hydrogens is 246 g/mol. The van der Waals surface area contributed by atoms with Gasteiger partial charge in [-0.1, -0.05) is 26.2 Å². The molecule has 18 heavy (non-hydrogen) atoms. The van der Waals surface area contributed by atoms with E-state index in [1.807, 2.05) is 0 Å². The van der Waals surface area contributed by atoms with Crippen LogP contribution >= 0.6 is 11.6 Å². The zero-order chi connectivity index (χ0) is 13.0. The van der Waals surface area contributed by atoms with Gasteiger partial charge < -0.3 is 5.32 Å². The number of halogens is 1. The fourth-order valence-electron chi connectivity index (χ4n) is 3.25. The number of carbonyl (C=O) groups excluding carboxylic acids is 1. The number of hydrogen-bond acceptors (Lipinski definition) is 1. The maximum absolute atomic E-state index is 12.3. The first-order valence-electron chi connectivity index (χ1n) is 7.61. The molecule has 104 valence electrons. The minimum absolute atomic E-state index is 0.138. The van der Waals surface area contributed by atoms with E-state index in [0.29, 0.717) is 0 Å². The molecule has 1 N–H and O–H groups in total. The third-order valence-electron chi connectivity index (χ3n) is 4.65. The maximum Gasteiger partial charge on any atom is 0.223 e. The summed E-state index contributed by atoms with van der Waals surface area (Å²) in [5.74, 6) is 1.31. The van der Waals surface area contributed by atoms with Crippen LogP contribution in [0.5, 0.6) is 0 Å². The van der Waals surface area contributed by atoms with E-state index in [1.165, 1.54) is 32.1 Å². The second kappa shape index (κ2) is 6.79. The zero-order valence-corrected chi connectivity index (χ0v) is 12.2. The standard InChI is InChI=1S/C15H26ClNO/c1-11-7-9-12(10-8-11)15(18)17-14-6-4-2-3-5-13(14)16/h11-14H,2-10H2,1H3,(H,17,18). The molecule has 0 aromatic carbocycles. The average molecular weight is 272 g/mol. The second-order valence-electron chi connectivity index (χ2n) is 6.23. The number of amides is 1. The molecule has 0 bridgehead atoms. The summed E-state index contributed by atoms with van der Waals surface area (Å²) >= 11 is 6.38. The van der Waals surface area contributed by atoms with Crippen LogP contribution in [0, 0.1) is 11.8 Å². The lowest BCUT2D eigenvalue weighted by Gasteiger charge is -2.28. The molecule has 1 amide bonds. The number of alkyl halides is 1. The molecule has 2 aliphatic carbocycles. The molecule has 2 atom stereocenters. The lowest BCUT2D eigenvalue weighted by Crippen LogP contribution is -2.44. The predicted octanol–water partition coefficient (Wildman–Crippen LogP) is 3.87. The van der Waals surface area contributed by atoms with Crippen LogP contribution in [0.4, 0.5) is 0 Å². The minimum Gasteiger partial charge on any atom is -0.352 e. The van der Waals surface area contributed by atoms with Crippen LogP contribution in [0.25, 0.3) is 0 Å². The quantitative estimate of drug-likeness (QED) is 0.600. The van der Waals surface area contributed by atoms with Gasteiger partial charge in [0.05, 0.1) is 5.38 Å². The Kier molecular flexibility index (Phi) is 5.35. The molecule has 0 aliphatic heterocycles. The highest BCUT2D eigenvalue weighted by molar-refractivity contribution is 6.21. The zero-order valence-electron chi connectivity index (χ0n) is 11.5. The molecule has 0 radical (unpaired) electrons. The average Bonchev–Trinajstić information content (AvgIpc) is 2.56. The van der Waals surface area contributed by atoms with Crippen molar-refractivity contribution in [3.63, 3.8) is 0 Å². The fraction of sp³-hybridized carbons (Fsp3) is 0.933. The van der Waals surface area contributed by atoms with Crippen molar-refractivity contribution in [2.24, 2.45) is 11.8 Å². The van der Waals surface area contributed by atoms with E-state index in [9.17, 15) is 4.79 Å². The third-order valence-corrected chi connectivity index (χ3v) is 5.17. The molecular formula is C15H26ClNO. The maximum atomic E-state index is 12.3. The van der Waals surface area contributed by atoms with Crippen LogP contribution < -0.4 is 5.32 Å². The molecule has 3 heteroatoms. The highest BCUT2D eigenvalue weighted by Crippen LogP contribution is 2.29. The van der Waals surface area contributed by atoms with E-state index in [-0.39, 0.29) is 23.2 Å². The van der Waals surface area contributed by atoms with Gasteiger partial charge in [-0.25, -0.2) is 0 Å². The summed E-state index contributed by atoms with van der Waals surface area (Å²) in [7, 11) is 0. The lowest BCUT2D eigenvalue weighted by atomic mass is 9.82. The summed E-state index contributed by atoms with van der Waals surface area (Å²) in [6, 6.07) is 0.209. The summed E-state index contributed by atoms with van der Waals surface area (Å²) in [6.45, 7) is 2.29. The summed E-state index contributed by atoms with van der Waals surface area (Å²) in [6.07, 6.45) is 10.3. The van der Waals surface area contributed by atoms with Crippen LogP contribution in [-0.4, -0.2) is 17.3 Å². The van der Waals surface area contributed by atoms with Crippen molar-refractivity contribution in [1.82, 2.24) is 5.32 Å². The smallest absolute Gasteiger partial charge is 0.223 e. The Morgan fingerprint density at radius 3 is 2.39 bits per heavy atom. The molecule has 0 saturated heterocycles. The molecule has 2 saturated carbocycles. The van der Waals surface area contributed by atoms with E-state index in [0.717, 1.165) is 31.6 Å². The van der Waals surface area contributed by atoms with Gasteiger partial charge in [0.15, 0.2) is 0 Å². The topological polar surface area (TPSA) is 29.1 Å². The van der Waals surface area contributed by atoms with Crippen molar-refractivity contribution in [2.75, 3.05) is 0 Å². The van der Waals surface area contributed by atoms with Gasteiger partial charge in [-0.15, -0.1) is 11.6 Å². The van der Waals surface area contributed by atoms with Gasteiger partial charge in [-0.3, -0.25) is 4.79 Å². The van der Waals surface area contributed by atoms with Crippen LogP contribution in [-0.2, 0) is 4.79 Å². The van der Waals surface area contributed by atoms with Gasteiger partial charge in [0.2, 0.25) is 5.91 Å². The van der Waals surface area contributed by atoms with Gasteiger partial charge >= 0.3 is 0 Å². The van der Waals surface area contributed by atoms with Crippen molar-refractivity contribution < 1.29 is 4.79 Å². The van der Waals surface area contributed by atoms with E-state index in [1.54, 1.807) is 0 Å². The van der Waals surface area contributed by atoms with Gasteiger partial charge in [0, 0.05) is 12.0 Å². The van der Waals surface area contributed by atoms with Gasteiger partial charge in [0.25, 0.3) is 0 Å². The van der Waals surface area contributed by atoms with Crippen LogP contribution in [0.1, 0.15) is 64.7 Å². The first-order chi connectivity index (χ1) is 8.66. The van der Waals surface area contributed by atoms with E-state index in [2.05, 4.69) is 12.2 Å². The van der Waals surface area contributed by atoms with Crippen molar-refractivity contribution in [2.45, 2.75) is 76.1 Å². The number of hydrogen-bond donors (Lipinski definition) is 1. The molecule has 2 fully saturated rings. The van der Waals surface area contributed by atoms with Crippen molar-refractivity contribution in [3.05, 3.63) is 0 Å². The molecule has 2 rings (SSSR count). The molecule has 0 spiro atoms. The first kappa shape index (κ1) is 14.2. The summed E-state index contributed by atoms with van der Waals surface area (Å²) in [4.78, 5) is 12.3. The first-order valence-corrected chi connectivity index (χ1v) is 8.05. The summed E-state index contributed by atoms with van der Waals surface area (Å²) < 4.78 is 0. The number of carbonyl (C=O) groups is 1.